The highest BCUT2D eigenvalue weighted by molar-refractivity contribution is 5.87. The highest BCUT2D eigenvalue weighted by Crippen LogP contribution is 2.17. The Balaban J connectivity index is 2.00. The van der Waals surface area contributed by atoms with E-state index in [4.69, 9.17) is 4.42 Å². The van der Waals surface area contributed by atoms with Crippen LogP contribution in [0.25, 0.3) is 0 Å². The van der Waals surface area contributed by atoms with Crippen LogP contribution in [-0.4, -0.2) is 34.1 Å². The van der Waals surface area contributed by atoms with Crippen molar-refractivity contribution in [2.24, 2.45) is 0 Å². The van der Waals surface area contributed by atoms with Crippen LogP contribution in [0.2, 0.25) is 0 Å². The first-order valence-corrected chi connectivity index (χ1v) is 7.65. The molecule has 1 aromatic carbocycles. The largest absolute Gasteiger partial charge is 0.428 e. The SMILES string of the molecule is CCN(CC(O)c1ccc(C)cc1)C(=O)Nc1nc(C)c(C)o1. The molecule has 0 aliphatic carbocycles. The third-order valence-electron chi connectivity index (χ3n) is 3.77. The Kier molecular flexibility index (Phi) is 5.39. The van der Waals surface area contributed by atoms with E-state index < -0.39 is 6.10 Å². The zero-order chi connectivity index (χ0) is 17.0. The van der Waals surface area contributed by atoms with Gasteiger partial charge in [0.25, 0.3) is 0 Å². The fourth-order valence-corrected chi connectivity index (χ4v) is 2.16. The van der Waals surface area contributed by atoms with Crippen molar-refractivity contribution < 1.29 is 14.3 Å². The van der Waals surface area contributed by atoms with Crippen LogP contribution in [0.5, 0.6) is 0 Å². The quantitative estimate of drug-likeness (QED) is 0.887. The summed E-state index contributed by atoms with van der Waals surface area (Å²) in [6, 6.07) is 7.44. The molecule has 0 saturated heterocycles. The number of hydrogen-bond donors (Lipinski definition) is 2. The maximum absolute atomic E-state index is 12.3. The number of urea groups is 1. The number of likely N-dealkylation sites (N-methyl/N-ethyl adjacent to an activating group) is 1. The second-order valence-electron chi connectivity index (χ2n) is 5.56. The van der Waals surface area contributed by atoms with Gasteiger partial charge in [0, 0.05) is 6.54 Å². The van der Waals surface area contributed by atoms with Gasteiger partial charge >= 0.3 is 12.0 Å². The maximum atomic E-state index is 12.3. The normalized spacial score (nSPS) is 12.0. The minimum atomic E-state index is -0.741. The predicted octanol–water partition coefficient (Wildman–Crippen LogP) is 3.19. The predicted molar refractivity (Wildman–Crippen MR) is 88.4 cm³/mol. The van der Waals surface area contributed by atoms with Crippen molar-refractivity contribution in [3.63, 3.8) is 0 Å². The molecule has 2 rings (SSSR count). The third-order valence-corrected chi connectivity index (χ3v) is 3.77. The summed E-state index contributed by atoms with van der Waals surface area (Å²) >= 11 is 0. The van der Waals surface area contributed by atoms with Crippen molar-refractivity contribution >= 4 is 12.0 Å². The number of aryl methyl sites for hydroxylation is 3. The molecule has 2 N–H and O–H groups in total. The van der Waals surface area contributed by atoms with Gasteiger partial charge in [0.05, 0.1) is 18.3 Å². The van der Waals surface area contributed by atoms with Crippen molar-refractivity contribution in [2.45, 2.75) is 33.8 Å². The number of carbonyl (C=O) groups is 1. The fourth-order valence-electron chi connectivity index (χ4n) is 2.16. The molecule has 1 aromatic heterocycles. The van der Waals surface area contributed by atoms with E-state index in [1.54, 1.807) is 6.92 Å². The monoisotopic (exact) mass is 317 g/mol. The van der Waals surface area contributed by atoms with Gasteiger partial charge in [-0.05, 0) is 33.3 Å². The second kappa shape index (κ2) is 7.28. The Morgan fingerprint density at radius 3 is 2.48 bits per heavy atom. The zero-order valence-electron chi connectivity index (χ0n) is 14.0. The van der Waals surface area contributed by atoms with Crippen LogP contribution in [0.1, 0.15) is 35.6 Å². The lowest BCUT2D eigenvalue weighted by Gasteiger charge is -2.23. The van der Waals surface area contributed by atoms with Crippen molar-refractivity contribution in [1.82, 2.24) is 9.88 Å². The van der Waals surface area contributed by atoms with E-state index in [-0.39, 0.29) is 18.6 Å². The first kappa shape index (κ1) is 17.0. The molecule has 2 aromatic rings. The Labute approximate surface area is 136 Å². The summed E-state index contributed by atoms with van der Waals surface area (Å²) in [6.45, 7) is 8.11. The third kappa shape index (κ3) is 4.32. The summed E-state index contributed by atoms with van der Waals surface area (Å²) in [5.74, 6) is 0.669. The van der Waals surface area contributed by atoms with Gasteiger partial charge in [0.2, 0.25) is 0 Å². The molecular formula is C17H23N3O3. The molecule has 6 nitrogen and oxygen atoms in total. The number of aliphatic hydroxyl groups is 1. The Bertz CT molecular complexity index is 645. The van der Waals surface area contributed by atoms with Crippen molar-refractivity contribution in [3.8, 4) is 0 Å². The summed E-state index contributed by atoms with van der Waals surface area (Å²) in [5.41, 5.74) is 2.65. The molecule has 0 fully saturated rings. The summed E-state index contributed by atoms with van der Waals surface area (Å²) in [7, 11) is 0. The second-order valence-corrected chi connectivity index (χ2v) is 5.56. The molecule has 0 spiro atoms. The minimum Gasteiger partial charge on any atom is -0.428 e. The van der Waals surface area contributed by atoms with Gasteiger partial charge in [-0.1, -0.05) is 29.8 Å². The molecule has 0 aliphatic heterocycles. The zero-order valence-corrected chi connectivity index (χ0v) is 14.0. The lowest BCUT2D eigenvalue weighted by Crippen LogP contribution is -2.37. The number of rotatable bonds is 5. The van der Waals surface area contributed by atoms with Crippen LogP contribution in [0.15, 0.2) is 28.7 Å². The first-order chi connectivity index (χ1) is 10.9. The van der Waals surface area contributed by atoms with Crippen LogP contribution in [0, 0.1) is 20.8 Å². The minimum absolute atomic E-state index is 0.174. The molecule has 0 aliphatic rings. The summed E-state index contributed by atoms with van der Waals surface area (Å²) in [4.78, 5) is 17.9. The number of amides is 2. The number of benzene rings is 1. The van der Waals surface area contributed by atoms with Crippen LogP contribution in [0.3, 0.4) is 0 Å². The number of aliphatic hydroxyl groups excluding tert-OH is 1. The van der Waals surface area contributed by atoms with Gasteiger partial charge < -0.3 is 14.4 Å². The highest BCUT2D eigenvalue weighted by Gasteiger charge is 2.19. The molecule has 1 heterocycles. The number of hydrogen-bond acceptors (Lipinski definition) is 4. The van der Waals surface area contributed by atoms with E-state index in [2.05, 4.69) is 10.3 Å². The van der Waals surface area contributed by atoms with E-state index in [0.29, 0.717) is 12.3 Å². The van der Waals surface area contributed by atoms with E-state index in [0.717, 1.165) is 16.8 Å². The maximum Gasteiger partial charge on any atom is 0.325 e. The molecule has 23 heavy (non-hydrogen) atoms. The number of anilines is 1. The van der Waals surface area contributed by atoms with Crippen LogP contribution >= 0.6 is 0 Å². The first-order valence-electron chi connectivity index (χ1n) is 7.65. The van der Waals surface area contributed by atoms with E-state index >= 15 is 0 Å². The lowest BCUT2D eigenvalue weighted by molar-refractivity contribution is 0.128. The van der Waals surface area contributed by atoms with Gasteiger partial charge in [-0.3, -0.25) is 5.32 Å². The number of oxazole rings is 1. The van der Waals surface area contributed by atoms with Crippen molar-refractivity contribution in [3.05, 3.63) is 46.8 Å². The average molecular weight is 317 g/mol. The van der Waals surface area contributed by atoms with Crippen LogP contribution < -0.4 is 5.32 Å². The smallest absolute Gasteiger partial charge is 0.325 e. The Morgan fingerprint density at radius 1 is 1.30 bits per heavy atom. The molecule has 0 bridgehead atoms. The van der Waals surface area contributed by atoms with Gasteiger partial charge in [0.15, 0.2) is 0 Å². The molecule has 1 unspecified atom stereocenters. The number of nitrogens with zero attached hydrogens (tertiary/aromatic N) is 2. The fraction of sp³-hybridized carbons (Fsp3) is 0.412. The van der Waals surface area contributed by atoms with E-state index in [1.165, 1.54) is 4.90 Å². The summed E-state index contributed by atoms with van der Waals surface area (Å²) < 4.78 is 5.35. The molecule has 6 heteroatoms. The van der Waals surface area contributed by atoms with E-state index in [1.807, 2.05) is 45.0 Å². The Hall–Kier alpha value is -2.34. The number of nitrogens with one attached hydrogen (secondary N) is 1. The van der Waals surface area contributed by atoms with Crippen LogP contribution in [-0.2, 0) is 0 Å². The summed E-state index contributed by atoms with van der Waals surface area (Å²) in [6.07, 6.45) is -0.741. The van der Waals surface area contributed by atoms with Gasteiger partial charge in [-0.2, -0.15) is 4.98 Å². The number of aromatic nitrogens is 1. The van der Waals surface area contributed by atoms with E-state index in [9.17, 15) is 9.90 Å². The van der Waals surface area contributed by atoms with Crippen molar-refractivity contribution in [1.29, 1.82) is 0 Å². The topological polar surface area (TPSA) is 78.6 Å². The molecule has 2 amide bonds. The lowest BCUT2D eigenvalue weighted by atomic mass is 10.1. The van der Waals surface area contributed by atoms with Gasteiger partial charge in [-0.25, -0.2) is 4.79 Å². The van der Waals surface area contributed by atoms with Gasteiger partial charge in [0.1, 0.15) is 5.76 Å². The molecule has 0 radical (unpaired) electrons. The standard InChI is InChI=1S/C17H23N3O3/c1-5-20(10-15(21)14-8-6-11(2)7-9-14)17(22)19-16-18-12(3)13(4)23-16/h6-9,15,21H,5,10H2,1-4H3,(H,18,19,22). The molecule has 124 valence electrons. The average Bonchev–Trinajstić information content (AvgIpc) is 2.83. The summed E-state index contributed by atoms with van der Waals surface area (Å²) in [5, 5.41) is 12.9. The Morgan fingerprint density at radius 2 is 1.96 bits per heavy atom. The van der Waals surface area contributed by atoms with Crippen molar-refractivity contribution in [2.75, 3.05) is 18.4 Å². The van der Waals surface area contributed by atoms with Crippen LogP contribution in [0.4, 0.5) is 10.8 Å². The van der Waals surface area contributed by atoms with Gasteiger partial charge in [-0.15, -0.1) is 0 Å². The molecule has 1 atom stereocenters. The highest BCUT2D eigenvalue weighted by atomic mass is 16.4. The molecule has 0 saturated carbocycles. The molecular weight excluding hydrogens is 294 g/mol. The number of carbonyl (C=O) groups excluding carboxylic acids is 1.